The van der Waals surface area contributed by atoms with Crippen molar-refractivity contribution in [1.29, 1.82) is 0 Å². The fraction of sp³-hybridized carbons (Fsp3) is 0.263. The molecule has 2 N–H and O–H groups in total. The Morgan fingerprint density at radius 2 is 1.75 bits per heavy atom. The quantitative estimate of drug-likeness (QED) is 0.875. The molecule has 0 aliphatic heterocycles. The Kier molecular flexibility index (Phi) is 3.70. The molecule has 2 aromatic carbocycles. The SMILES string of the molecule is Cc1cccc2c1C=Cc1ccccc1C2CCCN. The van der Waals surface area contributed by atoms with Gasteiger partial charge in [0.05, 0.1) is 0 Å². The molecule has 0 amide bonds. The van der Waals surface area contributed by atoms with Gasteiger partial charge in [0.2, 0.25) is 0 Å². The highest BCUT2D eigenvalue weighted by Gasteiger charge is 2.21. The van der Waals surface area contributed by atoms with Gasteiger partial charge >= 0.3 is 0 Å². The zero-order valence-electron chi connectivity index (χ0n) is 12.0. The van der Waals surface area contributed by atoms with Crippen LogP contribution in [0.2, 0.25) is 0 Å². The van der Waals surface area contributed by atoms with E-state index in [-0.39, 0.29) is 0 Å². The van der Waals surface area contributed by atoms with Crippen molar-refractivity contribution in [3.63, 3.8) is 0 Å². The van der Waals surface area contributed by atoms with Crippen molar-refractivity contribution in [2.75, 3.05) is 6.54 Å². The molecular formula is C19H21N. The zero-order valence-corrected chi connectivity index (χ0v) is 12.0. The molecule has 0 fully saturated rings. The Morgan fingerprint density at radius 1 is 0.950 bits per heavy atom. The first-order valence-corrected chi connectivity index (χ1v) is 7.38. The normalized spacial score (nSPS) is 16.4. The van der Waals surface area contributed by atoms with Crippen LogP contribution in [-0.4, -0.2) is 6.54 Å². The third-order valence-corrected chi connectivity index (χ3v) is 4.23. The van der Waals surface area contributed by atoms with Crippen molar-refractivity contribution in [3.8, 4) is 0 Å². The number of aryl methyl sites for hydroxylation is 1. The number of nitrogens with two attached hydrogens (primary N) is 1. The maximum Gasteiger partial charge on any atom is 0.0102 e. The standard InChI is InChI=1S/C19H21N/c1-14-6-4-9-18-16(14)12-11-15-7-2-3-8-17(15)19(18)10-5-13-20/h2-4,6-9,11-12,19H,5,10,13,20H2,1H3. The van der Waals surface area contributed by atoms with Crippen molar-refractivity contribution in [2.24, 2.45) is 5.73 Å². The van der Waals surface area contributed by atoms with Crippen LogP contribution in [0.3, 0.4) is 0 Å². The molecule has 0 bridgehead atoms. The van der Waals surface area contributed by atoms with E-state index in [1.807, 2.05) is 0 Å². The van der Waals surface area contributed by atoms with Gasteiger partial charge in [-0.3, -0.25) is 0 Å². The second-order valence-electron chi connectivity index (χ2n) is 5.52. The number of hydrogen-bond donors (Lipinski definition) is 1. The molecule has 1 aliphatic carbocycles. The van der Waals surface area contributed by atoms with Gasteiger partial charge in [-0.2, -0.15) is 0 Å². The van der Waals surface area contributed by atoms with Crippen LogP contribution in [0.25, 0.3) is 12.2 Å². The fourth-order valence-electron chi connectivity index (χ4n) is 3.19. The van der Waals surface area contributed by atoms with Gasteiger partial charge in [0.15, 0.2) is 0 Å². The van der Waals surface area contributed by atoms with Crippen LogP contribution in [0, 0.1) is 6.92 Å². The van der Waals surface area contributed by atoms with E-state index in [1.54, 1.807) is 0 Å². The molecular weight excluding hydrogens is 242 g/mol. The summed E-state index contributed by atoms with van der Waals surface area (Å²) in [7, 11) is 0. The van der Waals surface area contributed by atoms with Crippen molar-refractivity contribution in [2.45, 2.75) is 25.7 Å². The molecule has 0 radical (unpaired) electrons. The Bertz CT molecular complexity index is 640. The Hall–Kier alpha value is -1.86. The van der Waals surface area contributed by atoms with Crippen LogP contribution in [0.1, 0.15) is 46.6 Å². The molecule has 1 unspecified atom stereocenters. The second-order valence-corrected chi connectivity index (χ2v) is 5.52. The van der Waals surface area contributed by atoms with Gasteiger partial charge in [-0.15, -0.1) is 0 Å². The topological polar surface area (TPSA) is 26.0 Å². The van der Waals surface area contributed by atoms with Gasteiger partial charge in [-0.05, 0) is 54.1 Å². The first-order valence-electron chi connectivity index (χ1n) is 7.38. The molecule has 1 atom stereocenters. The van der Waals surface area contributed by atoms with Gasteiger partial charge in [0.1, 0.15) is 0 Å². The summed E-state index contributed by atoms with van der Waals surface area (Å²) < 4.78 is 0. The van der Waals surface area contributed by atoms with Crippen LogP contribution in [0.4, 0.5) is 0 Å². The molecule has 3 rings (SSSR count). The molecule has 0 saturated carbocycles. The Labute approximate surface area is 121 Å². The molecule has 1 nitrogen and oxygen atoms in total. The average Bonchev–Trinajstić information content (AvgIpc) is 2.63. The lowest BCUT2D eigenvalue weighted by molar-refractivity contribution is 0.668. The van der Waals surface area contributed by atoms with E-state index in [1.165, 1.54) is 27.8 Å². The average molecular weight is 263 g/mol. The van der Waals surface area contributed by atoms with Crippen LogP contribution in [-0.2, 0) is 0 Å². The largest absolute Gasteiger partial charge is 0.330 e. The van der Waals surface area contributed by atoms with Gasteiger partial charge in [0.25, 0.3) is 0 Å². The minimum atomic E-state index is 0.458. The van der Waals surface area contributed by atoms with Gasteiger partial charge in [0, 0.05) is 5.92 Å². The van der Waals surface area contributed by atoms with Gasteiger partial charge < -0.3 is 5.73 Å². The highest BCUT2D eigenvalue weighted by atomic mass is 14.5. The molecule has 20 heavy (non-hydrogen) atoms. The Balaban J connectivity index is 2.17. The minimum Gasteiger partial charge on any atom is -0.330 e. The van der Waals surface area contributed by atoms with Crippen molar-refractivity contribution < 1.29 is 0 Å². The van der Waals surface area contributed by atoms with Crippen molar-refractivity contribution >= 4 is 12.2 Å². The summed E-state index contributed by atoms with van der Waals surface area (Å²) >= 11 is 0. The molecule has 1 aliphatic rings. The smallest absolute Gasteiger partial charge is 0.0102 e. The van der Waals surface area contributed by atoms with Crippen molar-refractivity contribution in [1.82, 2.24) is 0 Å². The molecule has 0 saturated heterocycles. The van der Waals surface area contributed by atoms with Crippen LogP contribution >= 0.6 is 0 Å². The molecule has 102 valence electrons. The Morgan fingerprint density at radius 3 is 2.60 bits per heavy atom. The maximum absolute atomic E-state index is 5.74. The van der Waals surface area contributed by atoms with E-state index in [0.717, 1.165) is 19.4 Å². The summed E-state index contributed by atoms with van der Waals surface area (Å²) in [6, 6.07) is 15.4. The molecule has 1 heteroatoms. The summed E-state index contributed by atoms with van der Waals surface area (Å²) in [6.45, 7) is 2.95. The lowest BCUT2D eigenvalue weighted by atomic mass is 9.83. The van der Waals surface area contributed by atoms with E-state index in [0.29, 0.717) is 5.92 Å². The number of benzene rings is 2. The third-order valence-electron chi connectivity index (χ3n) is 4.23. The van der Waals surface area contributed by atoms with Crippen LogP contribution in [0.5, 0.6) is 0 Å². The first-order chi connectivity index (χ1) is 9.81. The van der Waals surface area contributed by atoms with E-state index < -0.39 is 0 Å². The summed E-state index contributed by atoms with van der Waals surface area (Å²) in [6.07, 6.45) is 6.70. The maximum atomic E-state index is 5.74. The van der Waals surface area contributed by atoms with E-state index in [9.17, 15) is 0 Å². The number of hydrogen-bond acceptors (Lipinski definition) is 1. The number of fused-ring (bicyclic) bond motifs is 2. The van der Waals surface area contributed by atoms with Crippen LogP contribution in [0.15, 0.2) is 42.5 Å². The summed E-state index contributed by atoms with van der Waals surface area (Å²) in [5, 5.41) is 0. The van der Waals surface area contributed by atoms with E-state index in [4.69, 9.17) is 5.73 Å². The lowest BCUT2D eigenvalue weighted by Crippen LogP contribution is -2.08. The second kappa shape index (κ2) is 5.64. The third kappa shape index (κ3) is 2.30. The summed E-state index contributed by atoms with van der Waals surface area (Å²) in [5.41, 5.74) is 12.7. The fourth-order valence-corrected chi connectivity index (χ4v) is 3.19. The summed E-state index contributed by atoms with van der Waals surface area (Å²) in [4.78, 5) is 0. The molecule has 0 aromatic heterocycles. The minimum absolute atomic E-state index is 0.458. The van der Waals surface area contributed by atoms with Crippen LogP contribution < -0.4 is 5.73 Å². The van der Waals surface area contributed by atoms with Gasteiger partial charge in [-0.1, -0.05) is 54.6 Å². The lowest BCUT2D eigenvalue weighted by Gasteiger charge is -2.21. The number of rotatable bonds is 3. The first kappa shape index (κ1) is 13.1. The monoisotopic (exact) mass is 263 g/mol. The molecule has 2 aromatic rings. The summed E-state index contributed by atoms with van der Waals surface area (Å²) in [5.74, 6) is 0.458. The van der Waals surface area contributed by atoms with Crippen molar-refractivity contribution in [3.05, 3.63) is 70.3 Å². The highest BCUT2D eigenvalue weighted by molar-refractivity contribution is 5.77. The zero-order chi connectivity index (χ0) is 13.9. The van der Waals surface area contributed by atoms with E-state index in [2.05, 4.69) is 61.5 Å². The van der Waals surface area contributed by atoms with Gasteiger partial charge in [-0.25, -0.2) is 0 Å². The predicted octanol–water partition coefficient (Wildman–Crippen LogP) is 4.35. The molecule has 0 heterocycles. The molecule has 0 spiro atoms. The van der Waals surface area contributed by atoms with E-state index >= 15 is 0 Å². The highest BCUT2D eigenvalue weighted by Crippen LogP contribution is 2.38. The predicted molar refractivity (Wildman–Crippen MR) is 86.7 cm³/mol.